The minimum absolute atomic E-state index is 0.665. The van der Waals surface area contributed by atoms with E-state index in [1.54, 1.807) is 0 Å². The molecule has 1 aliphatic heterocycles. The van der Waals surface area contributed by atoms with Crippen LogP contribution in [0.15, 0.2) is 30.3 Å². The largest absolute Gasteiger partial charge is 0.359 e. The number of rotatable bonds is 3. The van der Waals surface area contributed by atoms with Gasteiger partial charge in [-0.05, 0) is 24.8 Å². The molecule has 0 spiro atoms. The van der Waals surface area contributed by atoms with Gasteiger partial charge in [0.25, 0.3) is 0 Å². The highest BCUT2D eigenvalue weighted by atomic mass is 32.1. The van der Waals surface area contributed by atoms with E-state index in [4.69, 9.17) is 12.2 Å². The molecular formula is C13H17NS. The fourth-order valence-electron chi connectivity index (χ4n) is 2.22. The van der Waals surface area contributed by atoms with Crippen molar-refractivity contribution in [2.75, 3.05) is 0 Å². The molecule has 2 heteroatoms. The fraction of sp³-hybridized carbons (Fsp3) is 0.462. The maximum Gasteiger partial charge on any atom is 0.0785 e. The molecule has 0 aromatic heterocycles. The Labute approximate surface area is 97.1 Å². The molecule has 1 fully saturated rings. The van der Waals surface area contributed by atoms with E-state index in [0.717, 1.165) is 18.0 Å². The Morgan fingerprint density at radius 3 is 2.73 bits per heavy atom. The zero-order valence-corrected chi connectivity index (χ0v) is 9.96. The van der Waals surface area contributed by atoms with Crippen LogP contribution < -0.4 is 0 Å². The zero-order chi connectivity index (χ0) is 10.7. The van der Waals surface area contributed by atoms with Gasteiger partial charge in [0.15, 0.2) is 0 Å². The number of thiocarbonyl (C=S) groups is 1. The monoisotopic (exact) mass is 219 g/mol. The lowest BCUT2D eigenvalue weighted by Gasteiger charge is -2.25. The minimum atomic E-state index is 0.665. The first-order valence-electron chi connectivity index (χ1n) is 5.64. The second-order valence-corrected chi connectivity index (χ2v) is 4.58. The number of likely N-dealkylation sites (tertiary alicyclic amines) is 1. The predicted molar refractivity (Wildman–Crippen MR) is 67.9 cm³/mol. The summed E-state index contributed by atoms with van der Waals surface area (Å²) in [5, 5.41) is 0. The third-order valence-electron chi connectivity index (χ3n) is 3.12. The minimum Gasteiger partial charge on any atom is -0.359 e. The zero-order valence-electron chi connectivity index (χ0n) is 9.15. The quantitative estimate of drug-likeness (QED) is 0.717. The summed E-state index contributed by atoms with van der Waals surface area (Å²) in [5.74, 6) is 0. The van der Waals surface area contributed by atoms with Gasteiger partial charge in [-0.25, -0.2) is 0 Å². The van der Waals surface area contributed by atoms with Gasteiger partial charge in [-0.3, -0.25) is 0 Å². The molecule has 1 nitrogen and oxygen atoms in total. The van der Waals surface area contributed by atoms with E-state index in [-0.39, 0.29) is 0 Å². The van der Waals surface area contributed by atoms with Crippen molar-refractivity contribution in [3.63, 3.8) is 0 Å². The van der Waals surface area contributed by atoms with Gasteiger partial charge in [-0.15, -0.1) is 0 Å². The Morgan fingerprint density at radius 1 is 1.33 bits per heavy atom. The molecule has 0 saturated carbocycles. The molecule has 0 N–H and O–H groups in total. The average Bonchev–Trinajstić information content (AvgIpc) is 2.62. The van der Waals surface area contributed by atoms with Crippen LogP contribution in [-0.4, -0.2) is 15.9 Å². The molecule has 1 unspecified atom stereocenters. The molecule has 0 aliphatic carbocycles. The highest BCUT2D eigenvalue weighted by Crippen LogP contribution is 2.24. The van der Waals surface area contributed by atoms with Gasteiger partial charge in [-0.1, -0.05) is 49.5 Å². The van der Waals surface area contributed by atoms with E-state index >= 15 is 0 Å². The van der Waals surface area contributed by atoms with Crippen molar-refractivity contribution in [3.8, 4) is 0 Å². The first kappa shape index (κ1) is 10.6. The van der Waals surface area contributed by atoms with Crippen LogP contribution in [0.4, 0.5) is 0 Å². The van der Waals surface area contributed by atoms with E-state index in [2.05, 4.69) is 42.2 Å². The number of benzene rings is 1. The highest BCUT2D eigenvalue weighted by molar-refractivity contribution is 7.80. The summed E-state index contributed by atoms with van der Waals surface area (Å²) in [5.41, 5.74) is 1.36. The topological polar surface area (TPSA) is 3.24 Å². The van der Waals surface area contributed by atoms with Gasteiger partial charge in [0.1, 0.15) is 0 Å². The van der Waals surface area contributed by atoms with Crippen LogP contribution in [-0.2, 0) is 6.54 Å². The van der Waals surface area contributed by atoms with Crippen LogP contribution in [0.3, 0.4) is 0 Å². The van der Waals surface area contributed by atoms with Gasteiger partial charge in [0.2, 0.25) is 0 Å². The van der Waals surface area contributed by atoms with Crippen LogP contribution in [0.1, 0.15) is 31.7 Å². The third-order valence-corrected chi connectivity index (χ3v) is 3.56. The summed E-state index contributed by atoms with van der Waals surface area (Å²) in [6.45, 7) is 3.23. The lowest BCUT2D eigenvalue weighted by molar-refractivity contribution is 0.324. The molecular weight excluding hydrogens is 202 g/mol. The maximum atomic E-state index is 5.41. The summed E-state index contributed by atoms with van der Waals surface area (Å²) in [7, 11) is 0. The summed E-state index contributed by atoms with van der Waals surface area (Å²) in [4.78, 5) is 3.54. The summed E-state index contributed by atoms with van der Waals surface area (Å²) in [6.07, 6.45) is 3.54. The van der Waals surface area contributed by atoms with Crippen LogP contribution in [0.5, 0.6) is 0 Å². The van der Waals surface area contributed by atoms with Crippen molar-refractivity contribution in [1.82, 2.24) is 4.90 Å². The summed E-state index contributed by atoms with van der Waals surface area (Å²) in [6, 6.07) is 11.3. The number of hydrogen-bond acceptors (Lipinski definition) is 1. The van der Waals surface area contributed by atoms with Crippen molar-refractivity contribution >= 4 is 17.2 Å². The summed E-state index contributed by atoms with van der Waals surface area (Å²) >= 11 is 5.41. The molecule has 1 aromatic carbocycles. The lowest BCUT2D eigenvalue weighted by Crippen LogP contribution is -2.30. The van der Waals surface area contributed by atoms with Crippen molar-refractivity contribution in [1.29, 1.82) is 0 Å². The molecule has 1 aliphatic rings. The second-order valence-electron chi connectivity index (χ2n) is 4.11. The molecule has 2 rings (SSSR count). The molecule has 0 amide bonds. The smallest absolute Gasteiger partial charge is 0.0785 e. The van der Waals surface area contributed by atoms with Crippen molar-refractivity contribution in [2.24, 2.45) is 0 Å². The Hall–Kier alpha value is -0.890. The molecule has 1 saturated heterocycles. The number of nitrogens with zero attached hydrogens (tertiary/aromatic N) is 1. The van der Waals surface area contributed by atoms with Gasteiger partial charge < -0.3 is 4.90 Å². The van der Waals surface area contributed by atoms with E-state index < -0.39 is 0 Å². The van der Waals surface area contributed by atoms with Gasteiger partial charge in [0.05, 0.1) is 4.99 Å². The third kappa shape index (κ3) is 2.37. The maximum absolute atomic E-state index is 5.41. The first-order chi connectivity index (χ1) is 7.31. The Bertz CT molecular complexity index is 334. The molecule has 1 heterocycles. The lowest BCUT2D eigenvalue weighted by atomic mass is 10.1. The van der Waals surface area contributed by atoms with Crippen molar-refractivity contribution in [2.45, 2.75) is 38.8 Å². The molecule has 1 atom stereocenters. The average molecular weight is 219 g/mol. The molecule has 0 radical (unpaired) electrons. The normalized spacial score (nSPS) is 21.0. The van der Waals surface area contributed by atoms with Crippen molar-refractivity contribution < 1.29 is 0 Å². The first-order valence-corrected chi connectivity index (χ1v) is 6.05. The SMILES string of the molecule is CCC1CCC(=S)N1Cc1ccccc1. The van der Waals surface area contributed by atoms with Crippen LogP contribution in [0.25, 0.3) is 0 Å². The van der Waals surface area contributed by atoms with Gasteiger partial charge >= 0.3 is 0 Å². The Balaban J connectivity index is 2.07. The van der Waals surface area contributed by atoms with Crippen molar-refractivity contribution in [3.05, 3.63) is 35.9 Å². The van der Waals surface area contributed by atoms with E-state index in [1.165, 1.54) is 18.4 Å². The Kier molecular flexibility index (Phi) is 3.37. The van der Waals surface area contributed by atoms with Crippen LogP contribution in [0, 0.1) is 0 Å². The van der Waals surface area contributed by atoms with Gasteiger partial charge in [-0.2, -0.15) is 0 Å². The number of hydrogen-bond donors (Lipinski definition) is 0. The molecule has 80 valence electrons. The Morgan fingerprint density at radius 2 is 2.07 bits per heavy atom. The predicted octanol–water partition coefficient (Wildman–Crippen LogP) is 3.39. The van der Waals surface area contributed by atoms with Gasteiger partial charge in [0, 0.05) is 12.6 Å². The van der Waals surface area contributed by atoms with E-state index in [9.17, 15) is 0 Å². The van der Waals surface area contributed by atoms with Crippen LogP contribution in [0.2, 0.25) is 0 Å². The summed E-state index contributed by atoms with van der Waals surface area (Å²) < 4.78 is 0. The molecule has 0 bridgehead atoms. The van der Waals surface area contributed by atoms with E-state index in [0.29, 0.717) is 6.04 Å². The second kappa shape index (κ2) is 4.75. The fourth-order valence-corrected chi connectivity index (χ4v) is 2.55. The highest BCUT2D eigenvalue weighted by Gasteiger charge is 2.26. The standard InChI is InChI=1S/C13H17NS/c1-2-12-8-9-13(15)14(12)10-11-6-4-3-5-7-11/h3-7,12H,2,8-10H2,1H3. The van der Waals surface area contributed by atoms with Crippen LogP contribution >= 0.6 is 12.2 Å². The molecule has 15 heavy (non-hydrogen) atoms. The molecule has 1 aromatic rings. The van der Waals surface area contributed by atoms with E-state index in [1.807, 2.05) is 0 Å².